The number of hydrogen-bond acceptors (Lipinski definition) is 3. The minimum Gasteiger partial charge on any atom is -0.507 e. The molecule has 3 heteroatoms. The van der Waals surface area contributed by atoms with E-state index >= 15 is 0 Å². The molecule has 0 spiro atoms. The fraction of sp³-hybridized carbons (Fsp3) is 0.188. The van der Waals surface area contributed by atoms with Crippen molar-refractivity contribution in [2.75, 3.05) is 7.11 Å². The van der Waals surface area contributed by atoms with Gasteiger partial charge in [-0.1, -0.05) is 30.3 Å². The van der Waals surface area contributed by atoms with Crippen LogP contribution in [0.15, 0.2) is 42.5 Å². The predicted molar refractivity (Wildman–Crippen MR) is 73.9 cm³/mol. The minimum atomic E-state index is -0.0937. The lowest BCUT2D eigenvalue weighted by atomic mass is 9.98. The van der Waals surface area contributed by atoms with Gasteiger partial charge < -0.3 is 9.84 Å². The first-order valence-corrected chi connectivity index (χ1v) is 6.06. The monoisotopic (exact) mass is 256 g/mol. The molecule has 3 nitrogen and oxygen atoms in total. The molecular weight excluding hydrogens is 240 g/mol. The molecule has 0 aliphatic carbocycles. The molecule has 0 saturated carbocycles. The van der Waals surface area contributed by atoms with Crippen LogP contribution in [0.3, 0.4) is 0 Å². The largest absolute Gasteiger partial charge is 0.507 e. The zero-order valence-electron chi connectivity index (χ0n) is 11.0. The van der Waals surface area contributed by atoms with E-state index in [0.29, 0.717) is 11.3 Å². The first-order chi connectivity index (χ1) is 9.11. The molecule has 19 heavy (non-hydrogen) atoms. The zero-order chi connectivity index (χ0) is 13.8. The number of phenols is 1. The number of carbonyl (C=O) groups is 1. The van der Waals surface area contributed by atoms with Gasteiger partial charge in [0.1, 0.15) is 11.5 Å². The van der Waals surface area contributed by atoms with Crippen molar-refractivity contribution in [3.8, 4) is 11.5 Å². The van der Waals surface area contributed by atoms with Crippen molar-refractivity contribution in [3.63, 3.8) is 0 Å². The number of methoxy groups -OCH3 is 1. The summed E-state index contributed by atoms with van der Waals surface area (Å²) in [6.45, 7) is 1.79. The van der Waals surface area contributed by atoms with Crippen molar-refractivity contribution < 1.29 is 14.6 Å². The Morgan fingerprint density at radius 1 is 1.21 bits per heavy atom. The van der Waals surface area contributed by atoms with Crippen LogP contribution in [0.4, 0.5) is 0 Å². The Morgan fingerprint density at radius 3 is 2.47 bits per heavy atom. The highest BCUT2D eigenvalue weighted by Crippen LogP contribution is 2.28. The second-order valence-corrected chi connectivity index (χ2v) is 4.42. The van der Waals surface area contributed by atoms with Gasteiger partial charge in [-0.25, -0.2) is 0 Å². The number of benzene rings is 2. The number of phenolic OH excluding ortho intramolecular Hbond substituents is 1. The molecular formula is C16H16O3. The van der Waals surface area contributed by atoms with E-state index in [1.807, 2.05) is 30.3 Å². The maximum atomic E-state index is 12.3. The fourth-order valence-electron chi connectivity index (χ4n) is 2.09. The number of ketones is 1. The van der Waals surface area contributed by atoms with Crippen LogP contribution >= 0.6 is 0 Å². The lowest BCUT2D eigenvalue weighted by Crippen LogP contribution is -2.06. The van der Waals surface area contributed by atoms with Gasteiger partial charge in [-0.3, -0.25) is 4.79 Å². The van der Waals surface area contributed by atoms with Gasteiger partial charge in [0.25, 0.3) is 0 Å². The molecule has 0 saturated heterocycles. The molecule has 0 heterocycles. The van der Waals surface area contributed by atoms with Gasteiger partial charge >= 0.3 is 0 Å². The van der Waals surface area contributed by atoms with Crippen LogP contribution in [-0.4, -0.2) is 18.0 Å². The number of aryl methyl sites for hydroxylation is 1. The van der Waals surface area contributed by atoms with Crippen LogP contribution in [0.1, 0.15) is 21.5 Å². The van der Waals surface area contributed by atoms with E-state index < -0.39 is 0 Å². The minimum absolute atomic E-state index is 0.0298. The summed E-state index contributed by atoms with van der Waals surface area (Å²) in [7, 11) is 1.53. The third-order valence-corrected chi connectivity index (χ3v) is 3.01. The van der Waals surface area contributed by atoms with Crippen molar-refractivity contribution >= 4 is 5.78 Å². The van der Waals surface area contributed by atoms with Gasteiger partial charge in [0.05, 0.1) is 12.7 Å². The van der Waals surface area contributed by atoms with Gasteiger partial charge in [0.15, 0.2) is 5.78 Å². The van der Waals surface area contributed by atoms with Gasteiger partial charge in [-0.15, -0.1) is 0 Å². The Morgan fingerprint density at radius 2 is 1.89 bits per heavy atom. The Hall–Kier alpha value is -2.29. The highest BCUT2D eigenvalue weighted by molar-refractivity contribution is 6.01. The van der Waals surface area contributed by atoms with Crippen LogP contribution < -0.4 is 4.74 Å². The van der Waals surface area contributed by atoms with Crippen molar-refractivity contribution in [1.82, 2.24) is 0 Å². The maximum absolute atomic E-state index is 12.3. The van der Waals surface area contributed by atoms with E-state index in [4.69, 9.17) is 4.74 Å². The summed E-state index contributed by atoms with van der Waals surface area (Å²) >= 11 is 0. The van der Waals surface area contributed by atoms with E-state index in [2.05, 4.69) is 0 Å². The van der Waals surface area contributed by atoms with Crippen LogP contribution in [-0.2, 0) is 6.42 Å². The highest BCUT2D eigenvalue weighted by Gasteiger charge is 2.16. The summed E-state index contributed by atoms with van der Waals surface area (Å²) in [6.07, 6.45) is 0.279. The molecule has 0 radical (unpaired) electrons. The Kier molecular flexibility index (Phi) is 3.85. The smallest absolute Gasteiger partial charge is 0.171 e. The maximum Gasteiger partial charge on any atom is 0.171 e. The molecule has 0 bridgehead atoms. The summed E-state index contributed by atoms with van der Waals surface area (Å²) in [5.41, 5.74) is 2.02. The fourth-order valence-corrected chi connectivity index (χ4v) is 2.09. The van der Waals surface area contributed by atoms with E-state index in [-0.39, 0.29) is 18.0 Å². The van der Waals surface area contributed by atoms with Crippen LogP contribution in [0, 0.1) is 6.92 Å². The molecule has 2 aromatic rings. The number of carbonyl (C=O) groups excluding carboxylic acids is 1. The van der Waals surface area contributed by atoms with E-state index in [1.54, 1.807) is 13.0 Å². The molecule has 1 N–H and O–H groups in total. The van der Waals surface area contributed by atoms with Crippen LogP contribution in [0.5, 0.6) is 11.5 Å². The van der Waals surface area contributed by atoms with Crippen molar-refractivity contribution in [2.45, 2.75) is 13.3 Å². The van der Waals surface area contributed by atoms with Gasteiger partial charge in [0.2, 0.25) is 0 Å². The van der Waals surface area contributed by atoms with Crippen molar-refractivity contribution in [2.24, 2.45) is 0 Å². The summed E-state index contributed by atoms with van der Waals surface area (Å²) in [6, 6.07) is 12.7. The average molecular weight is 256 g/mol. The highest BCUT2D eigenvalue weighted by atomic mass is 16.5. The third kappa shape index (κ3) is 2.94. The molecule has 2 aromatic carbocycles. The van der Waals surface area contributed by atoms with Gasteiger partial charge in [-0.2, -0.15) is 0 Å². The third-order valence-electron chi connectivity index (χ3n) is 3.01. The second-order valence-electron chi connectivity index (χ2n) is 4.42. The lowest BCUT2D eigenvalue weighted by molar-refractivity contribution is 0.0990. The van der Waals surface area contributed by atoms with Crippen LogP contribution in [0.2, 0.25) is 0 Å². The molecule has 0 fully saturated rings. The standard InChI is InChI=1S/C16H16O3/c1-11-8-13(19-2)10-15(18)16(11)14(17)9-12-6-4-3-5-7-12/h3-8,10,18H,9H2,1-2H3. The molecule has 0 amide bonds. The summed E-state index contributed by atoms with van der Waals surface area (Å²) in [5.74, 6) is 0.424. The molecule has 0 unspecified atom stereocenters. The predicted octanol–water partition coefficient (Wildman–Crippen LogP) is 3.13. The van der Waals surface area contributed by atoms with E-state index in [9.17, 15) is 9.90 Å². The number of rotatable bonds is 4. The van der Waals surface area contributed by atoms with Crippen molar-refractivity contribution in [1.29, 1.82) is 0 Å². The van der Waals surface area contributed by atoms with Gasteiger partial charge in [0, 0.05) is 12.5 Å². The quantitative estimate of drug-likeness (QED) is 0.855. The molecule has 0 aliphatic rings. The number of aromatic hydroxyl groups is 1. The molecule has 98 valence electrons. The first-order valence-electron chi connectivity index (χ1n) is 6.06. The Labute approximate surface area is 112 Å². The SMILES string of the molecule is COc1cc(C)c(C(=O)Cc2ccccc2)c(O)c1. The summed E-state index contributed by atoms with van der Waals surface area (Å²) in [5, 5.41) is 9.95. The van der Waals surface area contributed by atoms with Gasteiger partial charge in [-0.05, 0) is 24.1 Å². The number of Topliss-reactive ketones (excluding diaryl/α,β-unsaturated/α-hetero) is 1. The number of hydrogen-bond donors (Lipinski definition) is 1. The topological polar surface area (TPSA) is 46.5 Å². The molecule has 0 atom stereocenters. The molecule has 0 aliphatic heterocycles. The summed E-state index contributed by atoms with van der Waals surface area (Å²) < 4.78 is 5.06. The molecule has 0 aromatic heterocycles. The Bertz CT molecular complexity index is 565. The molecule has 2 rings (SSSR count). The number of ether oxygens (including phenoxy) is 1. The first kappa shape index (κ1) is 13.1. The van der Waals surface area contributed by atoms with Crippen LogP contribution in [0.25, 0.3) is 0 Å². The normalized spacial score (nSPS) is 10.2. The average Bonchev–Trinajstić information content (AvgIpc) is 2.38. The zero-order valence-corrected chi connectivity index (χ0v) is 11.0. The van der Waals surface area contributed by atoms with E-state index in [1.165, 1.54) is 13.2 Å². The summed E-state index contributed by atoms with van der Waals surface area (Å²) in [4.78, 5) is 12.3. The van der Waals surface area contributed by atoms with E-state index in [0.717, 1.165) is 11.1 Å². The lowest BCUT2D eigenvalue weighted by Gasteiger charge is -2.10. The second kappa shape index (κ2) is 5.57. The van der Waals surface area contributed by atoms with Crippen molar-refractivity contribution in [3.05, 3.63) is 59.2 Å². The Balaban J connectivity index is 2.29.